The third kappa shape index (κ3) is 3.52. The van der Waals surface area contributed by atoms with Gasteiger partial charge in [0.1, 0.15) is 5.82 Å². The van der Waals surface area contributed by atoms with E-state index in [-0.39, 0.29) is 11.9 Å². The number of aryl methyl sites for hydroxylation is 2. The van der Waals surface area contributed by atoms with Gasteiger partial charge in [-0.15, -0.1) is 0 Å². The molecule has 1 saturated heterocycles. The third-order valence-corrected chi connectivity index (χ3v) is 4.89. The van der Waals surface area contributed by atoms with E-state index in [1.54, 1.807) is 6.20 Å². The number of imidazole rings is 1. The van der Waals surface area contributed by atoms with E-state index >= 15 is 0 Å². The average molecular weight is 329 g/mol. The first-order valence-electron chi connectivity index (χ1n) is 8.87. The van der Waals surface area contributed by atoms with E-state index < -0.39 is 0 Å². The van der Waals surface area contributed by atoms with Crippen LogP contribution in [0.5, 0.6) is 0 Å². The molecule has 130 valence electrons. The molecule has 1 aliphatic rings. The Bertz CT molecular complexity index is 687. The minimum atomic E-state index is 0.117. The van der Waals surface area contributed by atoms with Gasteiger partial charge in [-0.1, -0.05) is 0 Å². The summed E-state index contributed by atoms with van der Waals surface area (Å²) in [5.41, 5.74) is 0.701. The number of carbonyl (C=O) groups excluding carboxylic acids is 1. The summed E-state index contributed by atoms with van der Waals surface area (Å²) in [5, 5.41) is 4.31. The maximum atomic E-state index is 12.9. The summed E-state index contributed by atoms with van der Waals surface area (Å²) in [5.74, 6) is 1.20. The maximum Gasteiger partial charge on any atom is 0.257 e. The van der Waals surface area contributed by atoms with Crippen LogP contribution in [0.1, 0.15) is 61.8 Å². The largest absolute Gasteiger partial charge is 0.338 e. The summed E-state index contributed by atoms with van der Waals surface area (Å²) in [7, 11) is 2.02. The summed E-state index contributed by atoms with van der Waals surface area (Å²) in [6.07, 6.45) is 12.6. The van der Waals surface area contributed by atoms with E-state index in [4.69, 9.17) is 0 Å². The number of rotatable bonds is 5. The molecule has 0 saturated carbocycles. The van der Waals surface area contributed by atoms with Crippen molar-refractivity contribution in [2.75, 3.05) is 6.54 Å². The molecule has 0 aliphatic carbocycles. The van der Waals surface area contributed by atoms with Crippen molar-refractivity contribution < 1.29 is 4.79 Å². The van der Waals surface area contributed by atoms with Crippen LogP contribution in [0.4, 0.5) is 0 Å². The molecule has 0 unspecified atom stereocenters. The molecule has 3 rings (SSSR count). The van der Waals surface area contributed by atoms with Gasteiger partial charge in [-0.05, 0) is 39.5 Å². The number of amides is 1. The molecule has 6 nitrogen and oxygen atoms in total. The number of aromatic nitrogens is 4. The predicted octanol–water partition coefficient (Wildman–Crippen LogP) is 2.83. The molecule has 2 aromatic heterocycles. The Morgan fingerprint density at radius 1 is 1.38 bits per heavy atom. The number of likely N-dealkylation sites (tertiary alicyclic amines) is 1. The number of carbonyl (C=O) groups is 1. The van der Waals surface area contributed by atoms with Crippen LogP contribution in [0.15, 0.2) is 24.8 Å². The average Bonchev–Trinajstić information content (AvgIpc) is 3.22. The number of hydrogen-bond acceptors (Lipinski definition) is 3. The van der Waals surface area contributed by atoms with Crippen molar-refractivity contribution in [2.24, 2.45) is 7.05 Å². The summed E-state index contributed by atoms with van der Waals surface area (Å²) in [4.78, 5) is 19.4. The molecule has 1 atom stereocenters. The highest BCUT2D eigenvalue weighted by atomic mass is 16.2. The SMILES string of the molecule is CC(C)n1cc(C(=O)N2CCCC[C@@H]2CCc2nccn2C)cn1. The molecular formula is C18H27N5O. The van der Waals surface area contributed by atoms with Crippen LogP contribution in [0, 0.1) is 0 Å². The van der Waals surface area contributed by atoms with Crippen LogP contribution < -0.4 is 0 Å². The van der Waals surface area contributed by atoms with Crippen molar-refractivity contribution in [3.05, 3.63) is 36.2 Å². The van der Waals surface area contributed by atoms with Crippen molar-refractivity contribution >= 4 is 5.91 Å². The highest BCUT2D eigenvalue weighted by molar-refractivity contribution is 5.94. The Hall–Kier alpha value is -2.11. The summed E-state index contributed by atoms with van der Waals surface area (Å²) in [6, 6.07) is 0.567. The molecule has 2 aromatic rings. The lowest BCUT2D eigenvalue weighted by Gasteiger charge is -2.35. The highest BCUT2D eigenvalue weighted by Gasteiger charge is 2.28. The molecule has 0 N–H and O–H groups in total. The lowest BCUT2D eigenvalue weighted by Crippen LogP contribution is -2.44. The topological polar surface area (TPSA) is 56.0 Å². The monoisotopic (exact) mass is 329 g/mol. The lowest BCUT2D eigenvalue weighted by molar-refractivity contribution is 0.0601. The van der Waals surface area contributed by atoms with Crippen molar-refractivity contribution in [3.63, 3.8) is 0 Å². The standard InChI is InChI=1S/C18H27N5O/c1-14(2)23-13-15(12-20-23)18(24)22-10-5-4-6-16(22)7-8-17-19-9-11-21(17)3/h9,11-14,16H,4-8,10H2,1-3H3/t16-/m1/s1. The smallest absolute Gasteiger partial charge is 0.257 e. The second-order valence-corrected chi connectivity index (χ2v) is 6.94. The molecule has 0 bridgehead atoms. The van der Waals surface area contributed by atoms with E-state index in [1.807, 2.05) is 35.2 Å². The molecule has 24 heavy (non-hydrogen) atoms. The van der Waals surface area contributed by atoms with Crippen molar-refractivity contribution in [2.45, 2.75) is 58.0 Å². The maximum absolute atomic E-state index is 12.9. The zero-order valence-corrected chi connectivity index (χ0v) is 14.9. The van der Waals surface area contributed by atoms with Crippen molar-refractivity contribution in [1.82, 2.24) is 24.2 Å². The van der Waals surface area contributed by atoms with Crippen LogP contribution in [0.2, 0.25) is 0 Å². The Labute approximate surface area is 143 Å². The van der Waals surface area contributed by atoms with Gasteiger partial charge >= 0.3 is 0 Å². The molecule has 0 aromatic carbocycles. The van der Waals surface area contributed by atoms with Crippen LogP contribution in [-0.2, 0) is 13.5 Å². The van der Waals surface area contributed by atoms with Gasteiger partial charge in [0.25, 0.3) is 5.91 Å². The van der Waals surface area contributed by atoms with Crippen LogP contribution in [-0.4, -0.2) is 42.7 Å². The summed E-state index contributed by atoms with van der Waals surface area (Å²) >= 11 is 0. The zero-order chi connectivity index (χ0) is 17.1. The number of piperidine rings is 1. The number of hydrogen-bond donors (Lipinski definition) is 0. The fourth-order valence-corrected chi connectivity index (χ4v) is 3.40. The van der Waals surface area contributed by atoms with Crippen LogP contribution >= 0.6 is 0 Å². The van der Waals surface area contributed by atoms with Crippen molar-refractivity contribution in [1.29, 1.82) is 0 Å². The normalized spacial score (nSPS) is 18.3. The minimum Gasteiger partial charge on any atom is -0.338 e. The van der Waals surface area contributed by atoms with Crippen LogP contribution in [0.25, 0.3) is 0 Å². The van der Waals surface area contributed by atoms with Gasteiger partial charge in [0.2, 0.25) is 0 Å². The van der Waals surface area contributed by atoms with Gasteiger partial charge in [-0.25, -0.2) is 4.98 Å². The Kier molecular flexibility index (Phi) is 5.02. The first kappa shape index (κ1) is 16.7. The van der Waals surface area contributed by atoms with Gasteiger partial charge < -0.3 is 9.47 Å². The second-order valence-electron chi connectivity index (χ2n) is 6.94. The molecule has 0 radical (unpaired) electrons. The molecule has 1 aliphatic heterocycles. The Balaban J connectivity index is 1.69. The molecule has 6 heteroatoms. The summed E-state index contributed by atoms with van der Waals surface area (Å²) in [6.45, 7) is 4.98. The van der Waals surface area contributed by atoms with E-state index in [9.17, 15) is 4.79 Å². The fourth-order valence-electron chi connectivity index (χ4n) is 3.40. The van der Waals surface area contributed by atoms with Gasteiger partial charge in [0, 0.05) is 50.7 Å². The Morgan fingerprint density at radius 2 is 2.21 bits per heavy atom. The molecule has 3 heterocycles. The van der Waals surface area contributed by atoms with Gasteiger partial charge in [-0.2, -0.15) is 5.10 Å². The van der Waals surface area contributed by atoms with Gasteiger partial charge in [0.15, 0.2) is 0 Å². The second kappa shape index (κ2) is 7.20. The number of nitrogens with zero attached hydrogens (tertiary/aromatic N) is 5. The first-order chi connectivity index (χ1) is 11.6. The molecular weight excluding hydrogens is 302 g/mol. The van der Waals surface area contributed by atoms with E-state index in [0.717, 1.165) is 38.1 Å². The van der Waals surface area contributed by atoms with E-state index in [2.05, 4.69) is 28.5 Å². The van der Waals surface area contributed by atoms with Crippen molar-refractivity contribution in [3.8, 4) is 0 Å². The molecule has 0 spiro atoms. The predicted molar refractivity (Wildman–Crippen MR) is 92.8 cm³/mol. The first-order valence-corrected chi connectivity index (χ1v) is 8.87. The minimum absolute atomic E-state index is 0.117. The highest BCUT2D eigenvalue weighted by Crippen LogP contribution is 2.23. The summed E-state index contributed by atoms with van der Waals surface area (Å²) < 4.78 is 3.90. The third-order valence-electron chi connectivity index (χ3n) is 4.89. The van der Waals surface area contributed by atoms with Gasteiger partial charge in [-0.3, -0.25) is 9.48 Å². The quantitative estimate of drug-likeness (QED) is 0.847. The van der Waals surface area contributed by atoms with Gasteiger partial charge in [0.05, 0.1) is 11.8 Å². The fraction of sp³-hybridized carbons (Fsp3) is 0.611. The Morgan fingerprint density at radius 3 is 2.88 bits per heavy atom. The zero-order valence-electron chi connectivity index (χ0n) is 14.9. The lowest BCUT2D eigenvalue weighted by atomic mass is 9.97. The van der Waals surface area contributed by atoms with E-state index in [0.29, 0.717) is 11.6 Å². The van der Waals surface area contributed by atoms with E-state index in [1.165, 1.54) is 6.42 Å². The molecule has 1 fully saturated rings. The molecule has 1 amide bonds. The van der Waals surface area contributed by atoms with Crippen LogP contribution in [0.3, 0.4) is 0 Å².